The van der Waals surface area contributed by atoms with Crippen molar-refractivity contribution in [1.29, 1.82) is 0 Å². The summed E-state index contributed by atoms with van der Waals surface area (Å²) in [5.41, 5.74) is 1.30. The van der Waals surface area contributed by atoms with Gasteiger partial charge in [0.25, 0.3) is 0 Å². The SMILES string of the molecule is CCc1ccc(OC[C@@H]2CCCC2CC(=O)O)cc1.[Ar]. The first kappa shape index (κ1) is 17.8. The second-order valence-corrected chi connectivity index (χ2v) is 5.36. The molecule has 1 aromatic rings. The van der Waals surface area contributed by atoms with Gasteiger partial charge in [0.05, 0.1) is 6.61 Å². The molecule has 4 heteroatoms. The summed E-state index contributed by atoms with van der Waals surface area (Å²) < 4.78 is 5.81. The largest absolute Gasteiger partial charge is 0.493 e. The Kier molecular flexibility index (Phi) is 7.93. The number of carboxylic acid groups (broad SMARTS) is 1. The summed E-state index contributed by atoms with van der Waals surface area (Å²) in [5, 5.41) is 8.89. The van der Waals surface area contributed by atoms with Gasteiger partial charge >= 0.3 is 5.97 Å². The van der Waals surface area contributed by atoms with Crippen LogP contribution in [0.4, 0.5) is 0 Å². The van der Waals surface area contributed by atoms with Crippen molar-refractivity contribution in [3.05, 3.63) is 29.8 Å². The summed E-state index contributed by atoms with van der Waals surface area (Å²) in [6.45, 7) is 2.77. The number of hydrogen-bond donors (Lipinski definition) is 1. The predicted octanol–water partition coefficient (Wildman–Crippen LogP) is 3.52. The Balaban J connectivity index is 0.00000200. The molecule has 1 N–H and O–H groups in total. The van der Waals surface area contributed by atoms with E-state index in [1.54, 1.807) is 0 Å². The molecule has 1 aliphatic carbocycles. The van der Waals surface area contributed by atoms with E-state index in [9.17, 15) is 4.79 Å². The molecule has 112 valence electrons. The molecular formula is C16H22ArO3. The molecule has 1 aromatic carbocycles. The average Bonchev–Trinajstić information content (AvgIpc) is 2.83. The third kappa shape index (κ3) is 5.27. The molecule has 0 amide bonds. The fourth-order valence-electron chi connectivity index (χ4n) is 2.85. The molecule has 0 saturated heterocycles. The van der Waals surface area contributed by atoms with E-state index in [0.717, 1.165) is 31.4 Å². The van der Waals surface area contributed by atoms with Gasteiger partial charge in [-0.05, 0) is 48.8 Å². The Hall–Kier alpha value is -0.250. The van der Waals surface area contributed by atoms with Crippen LogP contribution in [0.25, 0.3) is 0 Å². The van der Waals surface area contributed by atoms with E-state index in [1.807, 2.05) is 12.1 Å². The number of rotatable bonds is 6. The van der Waals surface area contributed by atoms with E-state index in [4.69, 9.17) is 9.84 Å². The van der Waals surface area contributed by atoms with Crippen molar-refractivity contribution in [2.45, 2.75) is 39.0 Å². The van der Waals surface area contributed by atoms with Crippen LogP contribution < -0.4 is 4.74 Å². The predicted molar refractivity (Wildman–Crippen MR) is 74.4 cm³/mol. The van der Waals surface area contributed by atoms with E-state index >= 15 is 0 Å². The van der Waals surface area contributed by atoms with Crippen molar-refractivity contribution in [2.75, 3.05) is 6.61 Å². The molecular weight excluding hydrogens is 280 g/mol. The number of ether oxygens (including phenoxy) is 1. The van der Waals surface area contributed by atoms with Gasteiger partial charge in [0.2, 0.25) is 0 Å². The molecule has 0 aliphatic heterocycles. The summed E-state index contributed by atoms with van der Waals surface area (Å²) >= 11 is 0. The van der Waals surface area contributed by atoms with Crippen LogP contribution in [0.2, 0.25) is 0 Å². The van der Waals surface area contributed by atoms with E-state index < -0.39 is 5.97 Å². The maximum absolute atomic E-state index is 10.8. The fourth-order valence-corrected chi connectivity index (χ4v) is 2.85. The quantitative estimate of drug-likeness (QED) is 0.874. The van der Waals surface area contributed by atoms with Crippen molar-refractivity contribution in [3.8, 4) is 5.75 Å². The summed E-state index contributed by atoms with van der Waals surface area (Å²) in [4.78, 5) is 10.8. The second-order valence-electron chi connectivity index (χ2n) is 5.36. The zero-order valence-electron chi connectivity index (χ0n) is 11.8. The molecule has 0 spiro atoms. The number of hydrogen-bond acceptors (Lipinski definition) is 2. The molecule has 0 heterocycles. The van der Waals surface area contributed by atoms with Crippen molar-refractivity contribution in [3.63, 3.8) is 0 Å². The van der Waals surface area contributed by atoms with E-state index in [1.165, 1.54) is 5.56 Å². The molecule has 0 bridgehead atoms. The number of carboxylic acids is 1. The van der Waals surface area contributed by atoms with Gasteiger partial charge in [0.15, 0.2) is 0 Å². The Bertz CT molecular complexity index is 416. The van der Waals surface area contributed by atoms with Crippen LogP contribution in [-0.2, 0) is 11.2 Å². The second kappa shape index (κ2) is 8.91. The van der Waals surface area contributed by atoms with Crippen LogP contribution in [-0.4, -0.2) is 17.7 Å². The van der Waals surface area contributed by atoms with Crippen LogP contribution in [0.5, 0.6) is 5.75 Å². The molecule has 20 heavy (non-hydrogen) atoms. The van der Waals surface area contributed by atoms with Crippen molar-refractivity contribution in [2.24, 2.45) is 11.8 Å². The van der Waals surface area contributed by atoms with Gasteiger partial charge in [0, 0.05) is 44.2 Å². The third-order valence-corrected chi connectivity index (χ3v) is 4.05. The van der Waals surface area contributed by atoms with Gasteiger partial charge in [-0.3, -0.25) is 4.79 Å². The number of aliphatic carboxylic acids is 1. The minimum atomic E-state index is -0.691. The summed E-state index contributed by atoms with van der Waals surface area (Å²) in [6.07, 6.45) is 4.55. The van der Waals surface area contributed by atoms with Crippen LogP contribution in [0, 0.1) is 49.6 Å². The first-order valence-electron chi connectivity index (χ1n) is 7.12. The van der Waals surface area contributed by atoms with Crippen LogP contribution >= 0.6 is 0 Å². The Morgan fingerprint density at radius 3 is 2.50 bits per heavy atom. The van der Waals surface area contributed by atoms with Crippen molar-refractivity contribution in [1.82, 2.24) is 0 Å². The van der Waals surface area contributed by atoms with Crippen LogP contribution in [0.3, 0.4) is 0 Å². The molecule has 0 aromatic heterocycles. The smallest absolute Gasteiger partial charge is 0.303 e. The monoisotopic (exact) mass is 302 g/mol. The van der Waals surface area contributed by atoms with Gasteiger partial charge in [-0.25, -0.2) is 0 Å². The molecule has 0 radical (unpaired) electrons. The zero-order chi connectivity index (χ0) is 13.7. The maximum atomic E-state index is 10.8. The topological polar surface area (TPSA) is 46.5 Å². The molecule has 2 rings (SSSR count). The zero-order valence-corrected chi connectivity index (χ0v) is 12.5. The Labute approximate surface area is 150 Å². The molecule has 2 atom stereocenters. The molecule has 1 fully saturated rings. The van der Waals surface area contributed by atoms with Crippen LogP contribution in [0.15, 0.2) is 24.3 Å². The standard InChI is InChI=1S/C16H22O3.Ar/c1-2-12-6-8-15(9-7-12)19-11-14-5-3-4-13(14)10-16(17)18;/h6-9,13-14H,2-5,10-11H2,1H3,(H,17,18);/t13?,14-;/m0./s1. The molecule has 1 unspecified atom stereocenters. The number of aryl methyl sites for hydroxylation is 1. The van der Waals surface area contributed by atoms with E-state index in [2.05, 4.69) is 19.1 Å². The molecule has 1 saturated carbocycles. The minimum Gasteiger partial charge on any atom is -0.493 e. The Morgan fingerprint density at radius 2 is 1.90 bits per heavy atom. The third-order valence-electron chi connectivity index (χ3n) is 4.05. The fraction of sp³-hybridized carbons (Fsp3) is 0.562. The van der Waals surface area contributed by atoms with Gasteiger partial charge in [-0.15, -0.1) is 0 Å². The van der Waals surface area contributed by atoms with E-state index in [0.29, 0.717) is 12.5 Å². The average molecular weight is 302 g/mol. The molecule has 3 nitrogen and oxygen atoms in total. The molecule has 1 aliphatic rings. The van der Waals surface area contributed by atoms with Crippen molar-refractivity contribution < 1.29 is 52.4 Å². The number of carbonyl (C=O) groups is 1. The number of benzene rings is 1. The van der Waals surface area contributed by atoms with E-state index in [-0.39, 0.29) is 50.1 Å². The van der Waals surface area contributed by atoms with Gasteiger partial charge < -0.3 is 9.84 Å². The van der Waals surface area contributed by atoms with Crippen molar-refractivity contribution >= 4 is 5.97 Å². The normalized spacial score (nSPS) is 21.2. The maximum Gasteiger partial charge on any atom is 0.303 e. The van der Waals surface area contributed by atoms with Gasteiger partial charge in [-0.1, -0.05) is 25.5 Å². The van der Waals surface area contributed by atoms with Crippen LogP contribution in [0.1, 0.15) is 38.2 Å². The summed E-state index contributed by atoms with van der Waals surface area (Å²) in [7, 11) is 0. The van der Waals surface area contributed by atoms with Gasteiger partial charge in [0.1, 0.15) is 5.75 Å². The van der Waals surface area contributed by atoms with Gasteiger partial charge in [-0.2, -0.15) is 0 Å². The first-order chi connectivity index (χ1) is 9.19. The Morgan fingerprint density at radius 1 is 1.25 bits per heavy atom. The summed E-state index contributed by atoms with van der Waals surface area (Å²) in [5.74, 6) is 0.872. The first-order valence-corrected chi connectivity index (χ1v) is 7.12. The minimum absolute atomic E-state index is 0. The summed E-state index contributed by atoms with van der Waals surface area (Å²) in [6, 6.07) is 8.16.